The predicted octanol–water partition coefficient (Wildman–Crippen LogP) is 0.993. The SMILES string of the molecule is CC1CCC(CNC(=O)C2CCNC2)(C(=O)O)CC1. The van der Waals surface area contributed by atoms with E-state index in [9.17, 15) is 14.7 Å². The molecule has 1 atom stereocenters. The number of carboxylic acids is 1. The van der Waals surface area contributed by atoms with Crippen molar-refractivity contribution in [3.8, 4) is 0 Å². The lowest BCUT2D eigenvalue weighted by molar-refractivity contribution is -0.151. The molecule has 19 heavy (non-hydrogen) atoms. The third-order valence-corrected chi connectivity index (χ3v) is 4.72. The van der Waals surface area contributed by atoms with E-state index in [1.54, 1.807) is 0 Å². The van der Waals surface area contributed by atoms with Crippen molar-refractivity contribution >= 4 is 11.9 Å². The highest BCUT2D eigenvalue weighted by atomic mass is 16.4. The van der Waals surface area contributed by atoms with Crippen LogP contribution in [0.4, 0.5) is 0 Å². The summed E-state index contributed by atoms with van der Waals surface area (Å²) in [5.74, 6) is -0.149. The van der Waals surface area contributed by atoms with Crippen LogP contribution in [0.5, 0.6) is 0 Å². The molecule has 0 spiro atoms. The molecule has 5 heteroatoms. The maximum Gasteiger partial charge on any atom is 0.311 e. The van der Waals surface area contributed by atoms with Gasteiger partial charge in [-0.1, -0.05) is 6.92 Å². The van der Waals surface area contributed by atoms with Gasteiger partial charge in [-0.05, 0) is 44.6 Å². The van der Waals surface area contributed by atoms with Crippen LogP contribution >= 0.6 is 0 Å². The highest BCUT2D eigenvalue weighted by Gasteiger charge is 2.41. The summed E-state index contributed by atoms with van der Waals surface area (Å²) in [6, 6.07) is 0. The first kappa shape index (κ1) is 14.3. The average molecular weight is 268 g/mol. The molecule has 1 aliphatic heterocycles. The van der Waals surface area contributed by atoms with Crippen LogP contribution in [-0.2, 0) is 9.59 Å². The van der Waals surface area contributed by atoms with Gasteiger partial charge < -0.3 is 15.7 Å². The lowest BCUT2D eigenvalue weighted by Crippen LogP contribution is -2.46. The van der Waals surface area contributed by atoms with Crippen LogP contribution in [0.1, 0.15) is 39.0 Å². The van der Waals surface area contributed by atoms with E-state index in [0.717, 1.165) is 25.8 Å². The molecular weight excluding hydrogens is 244 g/mol. The molecule has 0 aromatic carbocycles. The maximum atomic E-state index is 12.0. The standard InChI is InChI=1S/C14H24N2O3/c1-10-2-5-14(6-3-10,13(18)19)9-16-12(17)11-4-7-15-8-11/h10-11,15H,2-9H2,1H3,(H,16,17)(H,18,19). The van der Waals surface area contributed by atoms with E-state index < -0.39 is 11.4 Å². The van der Waals surface area contributed by atoms with Crippen LogP contribution < -0.4 is 10.6 Å². The van der Waals surface area contributed by atoms with Crippen LogP contribution in [0.3, 0.4) is 0 Å². The molecule has 2 fully saturated rings. The Hall–Kier alpha value is -1.10. The zero-order valence-electron chi connectivity index (χ0n) is 11.6. The molecule has 2 rings (SSSR count). The summed E-state index contributed by atoms with van der Waals surface area (Å²) in [6.45, 7) is 4.03. The Kier molecular flexibility index (Phi) is 4.45. The minimum atomic E-state index is -0.760. The van der Waals surface area contributed by atoms with E-state index in [1.165, 1.54) is 0 Å². The molecular formula is C14H24N2O3. The zero-order valence-corrected chi connectivity index (χ0v) is 11.6. The highest BCUT2D eigenvalue weighted by molar-refractivity contribution is 5.81. The van der Waals surface area contributed by atoms with Gasteiger partial charge in [-0.15, -0.1) is 0 Å². The summed E-state index contributed by atoms with van der Waals surface area (Å²) < 4.78 is 0. The van der Waals surface area contributed by atoms with Crippen molar-refractivity contribution < 1.29 is 14.7 Å². The second-order valence-electron chi connectivity index (χ2n) is 6.18. The average Bonchev–Trinajstić information content (AvgIpc) is 2.92. The first-order valence-electron chi connectivity index (χ1n) is 7.25. The number of hydrogen-bond acceptors (Lipinski definition) is 3. The van der Waals surface area contributed by atoms with Crippen molar-refractivity contribution in [2.24, 2.45) is 17.3 Å². The molecule has 0 bridgehead atoms. The molecule has 1 amide bonds. The summed E-state index contributed by atoms with van der Waals surface area (Å²) in [4.78, 5) is 23.5. The Labute approximate surface area is 114 Å². The third-order valence-electron chi connectivity index (χ3n) is 4.72. The largest absolute Gasteiger partial charge is 0.481 e. The van der Waals surface area contributed by atoms with Crippen molar-refractivity contribution in [2.45, 2.75) is 39.0 Å². The summed E-state index contributed by atoms with van der Waals surface area (Å²) >= 11 is 0. The molecule has 1 saturated heterocycles. The topological polar surface area (TPSA) is 78.4 Å². The molecule has 1 aliphatic carbocycles. The molecule has 108 valence electrons. The molecule has 1 heterocycles. The molecule has 0 aromatic rings. The summed E-state index contributed by atoms with van der Waals surface area (Å²) in [6.07, 6.45) is 4.07. The van der Waals surface area contributed by atoms with Crippen molar-refractivity contribution in [1.82, 2.24) is 10.6 Å². The monoisotopic (exact) mass is 268 g/mol. The van der Waals surface area contributed by atoms with Crippen molar-refractivity contribution in [2.75, 3.05) is 19.6 Å². The maximum absolute atomic E-state index is 12.0. The summed E-state index contributed by atoms with van der Waals surface area (Å²) in [5.41, 5.74) is -0.742. The van der Waals surface area contributed by atoms with Gasteiger partial charge in [0.25, 0.3) is 0 Å². The number of nitrogens with one attached hydrogen (secondary N) is 2. The fourth-order valence-electron chi connectivity index (χ4n) is 3.06. The van der Waals surface area contributed by atoms with Crippen LogP contribution in [-0.4, -0.2) is 36.6 Å². The van der Waals surface area contributed by atoms with Crippen molar-refractivity contribution in [3.63, 3.8) is 0 Å². The number of hydrogen-bond donors (Lipinski definition) is 3. The van der Waals surface area contributed by atoms with Crippen molar-refractivity contribution in [1.29, 1.82) is 0 Å². The van der Waals surface area contributed by atoms with Gasteiger partial charge in [0, 0.05) is 13.1 Å². The predicted molar refractivity (Wildman–Crippen MR) is 71.7 cm³/mol. The Balaban J connectivity index is 1.90. The van der Waals surface area contributed by atoms with Gasteiger partial charge in [0.1, 0.15) is 0 Å². The van der Waals surface area contributed by atoms with E-state index >= 15 is 0 Å². The van der Waals surface area contributed by atoms with Crippen LogP contribution in [0.2, 0.25) is 0 Å². The quantitative estimate of drug-likeness (QED) is 0.710. The lowest BCUT2D eigenvalue weighted by atomic mass is 9.70. The molecule has 0 radical (unpaired) electrons. The van der Waals surface area contributed by atoms with E-state index in [2.05, 4.69) is 17.6 Å². The highest BCUT2D eigenvalue weighted by Crippen LogP contribution is 2.38. The normalized spacial score (nSPS) is 35.0. The number of aliphatic carboxylic acids is 1. The Morgan fingerprint density at radius 1 is 1.32 bits per heavy atom. The van der Waals surface area contributed by atoms with Gasteiger partial charge in [-0.2, -0.15) is 0 Å². The number of rotatable bonds is 4. The molecule has 3 N–H and O–H groups in total. The Bertz CT molecular complexity index is 343. The van der Waals surface area contributed by atoms with Gasteiger partial charge in [0.2, 0.25) is 5.91 Å². The van der Waals surface area contributed by atoms with E-state index in [4.69, 9.17) is 0 Å². The summed E-state index contributed by atoms with van der Waals surface area (Å²) in [5, 5.41) is 15.5. The summed E-state index contributed by atoms with van der Waals surface area (Å²) in [7, 11) is 0. The molecule has 1 unspecified atom stereocenters. The van der Waals surface area contributed by atoms with Crippen LogP contribution in [0, 0.1) is 17.3 Å². The molecule has 2 aliphatic rings. The zero-order chi connectivity index (χ0) is 13.9. The number of carboxylic acid groups (broad SMARTS) is 1. The molecule has 0 aromatic heterocycles. The molecule has 1 saturated carbocycles. The minimum Gasteiger partial charge on any atom is -0.481 e. The second-order valence-corrected chi connectivity index (χ2v) is 6.18. The number of amides is 1. The Morgan fingerprint density at radius 3 is 2.53 bits per heavy atom. The van der Waals surface area contributed by atoms with Gasteiger partial charge in [-0.3, -0.25) is 9.59 Å². The fraction of sp³-hybridized carbons (Fsp3) is 0.857. The Morgan fingerprint density at radius 2 is 2.00 bits per heavy atom. The first-order chi connectivity index (χ1) is 9.03. The number of carbonyl (C=O) groups is 2. The lowest BCUT2D eigenvalue weighted by Gasteiger charge is -2.36. The fourth-order valence-corrected chi connectivity index (χ4v) is 3.06. The van der Waals surface area contributed by atoms with E-state index in [0.29, 0.717) is 25.3 Å². The van der Waals surface area contributed by atoms with Gasteiger partial charge in [-0.25, -0.2) is 0 Å². The van der Waals surface area contributed by atoms with E-state index in [1.807, 2.05) is 0 Å². The first-order valence-corrected chi connectivity index (χ1v) is 7.25. The number of carbonyl (C=O) groups excluding carboxylic acids is 1. The second kappa shape index (κ2) is 5.90. The smallest absolute Gasteiger partial charge is 0.311 e. The molecule has 5 nitrogen and oxygen atoms in total. The van der Waals surface area contributed by atoms with E-state index in [-0.39, 0.29) is 18.4 Å². The third kappa shape index (κ3) is 3.26. The van der Waals surface area contributed by atoms with Gasteiger partial charge in [0.05, 0.1) is 11.3 Å². The van der Waals surface area contributed by atoms with Crippen LogP contribution in [0.25, 0.3) is 0 Å². The van der Waals surface area contributed by atoms with Gasteiger partial charge >= 0.3 is 5.97 Å². The van der Waals surface area contributed by atoms with Crippen LogP contribution in [0.15, 0.2) is 0 Å². The van der Waals surface area contributed by atoms with Gasteiger partial charge in [0.15, 0.2) is 0 Å². The van der Waals surface area contributed by atoms with Crippen molar-refractivity contribution in [3.05, 3.63) is 0 Å². The minimum absolute atomic E-state index is 0.00393.